The molecule has 1 spiro atoms. The molecule has 2 bridgehead atoms. The van der Waals surface area contributed by atoms with Gasteiger partial charge in [0.25, 0.3) is 5.56 Å². The summed E-state index contributed by atoms with van der Waals surface area (Å²) in [6, 6.07) is 13.9. The first-order valence-electron chi connectivity index (χ1n) is 15.1. The van der Waals surface area contributed by atoms with Crippen LogP contribution in [0, 0.1) is 5.41 Å². The number of pyridine rings is 1. The Labute approximate surface area is 245 Å². The van der Waals surface area contributed by atoms with Crippen LogP contribution in [0.4, 0.5) is 17.3 Å². The molecule has 7 rings (SSSR count). The number of nitrogens with zero attached hydrogens (tertiary/aromatic N) is 6. The van der Waals surface area contributed by atoms with Crippen LogP contribution >= 0.6 is 0 Å². The van der Waals surface area contributed by atoms with Crippen molar-refractivity contribution in [3.05, 3.63) is 76.9 Å². The molecule has 1 aromatic carbocycles. The fourth-order valence-electron chi connectivity index (χ4n) is 6.69. The van der Waals surface area contributed by atoms with E-state index in [-0.39, 0.29) is 5.56 Å². The van der Waals surface area contributed by atoms with Crippen molar-refractivity contribution in [2.75, 3.05) is 36.4 Å². The number of aliphatic hydroxyl groups is 1. The van der Waals surface area contributed by atoms with E-state index in [0.717, 1.165) is 31.9 Å². The monoisotopic (exact) mass is 566 g/mol. The average molecular weight is 567 g/mol. The van der Waals surface area contributed by atoms with Crippen molar-refractivity contribution in [2.45, 2.75) is 57.6 Å². The molecule has 1 unspecified atom stereocenters. The molecule has 3 aliphatic rings. The third kappa shape index (κ3) is 4.98. The van der Waals surface area contributed by atoms with E-state index in [2.05, 4.69) is 44.8 Å². The Bertz CT molecular complexity index is 1670. The molecule has 2 fully saturated rings. The van der Waals surface area contributed by atoms with Gasteiger partial charge in [0.15, 0.2) is 11.5 Å². The first-order chi connectivity index (χ1) is 20.4. The predicted molar refractivity (Wildman–Crippen MR) is 165 cm³/mol. The van der Waals surface area contributed by atoms with Gasteiger partial charge in [-0.25, -0.2) is 19.3 Å². The summed E-state index contributed by atoms with van der Waals surface area (Å²) in [5, 5.41) is 18.3. The second-order valence-corrected chi connectivity index (χ2v) is 12.2. The number of hydrogen-bond donors (Lipinski definition) is 3. The van der Waals surface area contributed by atoms with Crippen molar-refractivity contribution in [3.8, 4) is 5.82 Å². The van der Waals surface area contributed by atoms with E-state index in [1.54, 1.807) is 22.5 Å². The molecule has 6 heterocycles. The second kappa shape index (κ2) is 10.7. The van der Waals surface area contributed by atoms with E-state index in [0.29, 0.717) is 53.3 Å². The number of piperidine rings is 2. The molecule has 3 aliphatic heterocycles. The molecule has 10 heteroatoms. The molecule has 0 saturated carbocycles. The summed E-state index contributed by atoms with van der Waals surface area (Å²) in [5.41, 5.74) is 2.39. The summed E-state index contributed by atoms with van der Waals surface area (Å²) in [5.74, 6) is 0.923. The molecule has 10 nitrogen and oxygen atoms in total. The maximum Gasteiger partial charge on any atom is 0.278 e. The Morgan fingerprint density at radius 3 is 2.52 bits per heavy atom. The number of fused-ring (bicyclic) bond motifs is 6. The summed E-state index contributed by atoms with van der Waals surface area (Å²) < 4.78 is 3.35. The molecule has 3 aromatic heterocycles. The average Bonchev–Trinajstić information content (AvgIpc) is 3.28. The minimum Gasteiger partial charge on any atom is -0.384 e. The van der Waals surface area contributed by atoms with Crippen LogP contribution in [0.2, 0.25) is 0 Å². The molecule has 1 atom stereocenters. The lowest BCUT2D eigenvalue weighted by molar-refractivity contribution is 0.0443. The highest BCUT2D eigenvalue weighted by molar-refractivity contribution is 5.77. The third-order valence-electron chi connectivity index (χ3n) is 9.40. The van der Waals surface area contributed by atoms with Gasteiger partial charge in [0, 0.05) is 30.7 Å². The minimum atomic E-state index is -1.09. The lowest BCUT2D eigenvalue weighted by atomic mass is 9.71. The molecule has 3 N–H and O–H groups in total. The molecule has 42 heavy (non-hydrogen) atoms. The number of anilines is 3. The van der Waals surface area contributed by atoms with Crippen molar-refractivity contribution in [2.24, 2.45) is 5.41 Å². The second-order valence-electron chi connectivity index (χ2n) is 12.2. The lowest BCUT2D eigenvalue weighted by Crippen LogP contribution is -2.45. The zero-order valence-electron chi connectivity index (χ0n) is 24.1. The Balaban J connectivity index is 1.16. The first-order valence-corrected chi connectivity index (χ1v) is 15.1. The highest BCUT2D eigenvalue weighted by atomic mass is 16.3. The molecule has 0 amide bonds. The highest BCUT2D eigenvalue weighted by Crippen LogP contribution is 2.40. The molecule has 0 radical (unpaired) electrons. The van der Waals surface area contributed by atoms with Gasteiger partial charge < -0.3 is 20.6 Å². The Hall–Kier alpha value is -4.02. The van der Waals surface area contributed by atoms with Crippen LogP contribution in [0.3, 0.4) is 0 Å². The van der Waals surface area contributed by atoms with Crippen LogP contribution in [0.25, 0.3) is 16.9 Å². The van der Waals surface area contributed by atoms with Gasteiger partial charge in [0.05, 0.1) is 12.2 Å². The van der Waals surface area contributed by atoms with E-state index in [1.165, 1.54) is 31.4 Å². The Kier molecular flexibility index (Phi) is 6.82. The molecule has 218 valence electrons. The van der Waals surface area contributed by atoms with E-state index in [9.17, 15) is 9.90 Å². The van der Waals surface area contributed by atoms with E-state index in [4.69, 9.17) is 9.97 Å². The van der Waals surface area contributed by atoms with Crippen molar-refractivity contribution in [1.82, 2.24) is 29.6 Å². The standard InChI is InChI=1S/C32H38N8O2/c1-31(42)12-3-2-4-19-39-29(41)25-22-34-30(37-28(25)40(39)27-7-5-6-26(31)36-27)35-23-8-10-24(11-9-23)38-20-15-32(16-21-38)13-17-33-18-14-32/h2,4-11,22,33,42H,3,12-21H2,1H3,(H,34,35,37). The Morgan fingerprint density at radius 1 is 0.952 bits per heavy atom. The van der Waals surface area contributed by atoms with Crippen LogP contribution in [0.1, 0.15) is 51.1 Å². The summed E-state index contributed by atoms with van der Waals surface area (Å²) >= 11 is 0. The van der Waals surface area contributed by atoms with Crippen LogP contribution in [0.15, 0.2) is 65.6 Å². The fraction of sp³-hybridized carbons (Fsp3) is 0.438. The van der Waals surface area contributed by atoms with Gasteiger partial charge >= 0.3 is 0 Å². The van der Waals surface area contributed by atoms with Crippen molar-refractivity contribution in [1.29, 1.82) is 0 Å². The summed E-state index contributed by atoms with van der Waals surface area (Å²) in [6.07, 6.45) is 11.8. The van der Waals surface area contributed by atoms with Gasteiger partial charge in [-0.15, -0.1) is 0 Å². The summed E-state index contributed by atoms with van der Waals surface area (Å²) in [7, 11) is 0. The maximum atomic E-state index is 13.4. The number of hydrogen-bond acceptors (Lipinski definition) is 8. The normalized spacial score (nSPS) is 22.1. The van der Waals surface area contributed by atoms with Crippen molar-refractivity contribution < 1.29 is 5.11 Å². The first kappa shape index (κ1) is 26.9. The zero-order chi connectivity index (χ0) is 28.7. The van der Waals surface area contributed by atoms with Gasteiger partial charge in [-0.05, 0) is 100 Å². The topological polar surface area (TPSA) is 113 Å². The number of benzene rings is 1. The summed E-state index contributed by atoms with van der Waals surface area (Å²) in [6.45, 7) is 6.63. The quantitative estimate of drug-likeness (QED) is 0.316. The predicted octanol–water partition coefficient (Wildman–Crippen LogP) is 4.25. The van der Waals surface area contributed by atoms with E-state index in [1.807, 2.05) is 30.4 Å². The molecular formula is C32H38N8O2. The van der Waals surface area contributed by atoms with Gasteiger partial charge in [-0.1, -0.05) is 18.2 Å². The molecule has 2 saturated heterocycles. The fourth-order valence-corrected chi connectivity index (χ4v) is 6.69. The summed E-state index contributed by atoms with van der Waals surface area (Å²) in [4.78, 5) is 29.9. The lowest BCUT2D eigenvalue weighted by Gasteiger charge is -2.45. The number of nitrogens with one attached hydrogen (secondary N) is 2. The van der Waals surface area contributed by atoms with Gasteiger partial charge in [-0.2, -0.15) is 4.98 Å². The number of aromatic nitrogens is 5. The molecule has 0 aliphatic carbocycles. The largest absolute Gasteiger partial charge is 0.384 e. The molecular weight excluding hydrogens is 528 g/mol. The minimum absolute atomic E-state index is 0.184. The Morgan fingerprint density at radius 2 is 1.74 bits per heavy atom. The SMILES string of the molecule is CC1(O)CCC=CCn2c(=O)c3cnc(Nc4ccc(N5CCC6(CCNCC6)CC5)cc4)nc3n2-c2cccc1n2. The van der Waals surface area contributed by atoms with Gasteiger partial charge in [-0.3, -0.25) is 4.79 Å². The smallest absolute Gasteiger partial charge is 0.278 e. The van der Waals surface area contributed by atoms with Crippen molar-refractivity contribution in [3.63, 3.8) is 0 Å². The van der Waals surface area contributed by atoms with Crippen LogP contribution in [0.5, 0.6) is 0 Å². The van der Waals surface area contributed by atoms with Crippen molar-refractivity contribution >= 4 is 28.4 Å². The molecule has 4 aromatic rings. The van der Waals surface area contributed by atoms with Crippen LogP contribution < -0.4 is 21.1 Å². The van der Waals surface area contributed by atoms with Gasteiger partial charge in [0.1, 0.15) is 11.0 Å². The highest BCUT2D eigenvalue weighted by Gasteiger charge is 2.35. The maximum absolute atomic E-state index is 13.4. The zero-order valence-corrected chi connectivity index (χ0v) is 24.1. The van der Waals surface area contributed by atoms with Gasteiger partial charge in [0.2, 0.25) is 5.95 Å². The number of rotatable bonds is 3. The van der Waals surface area contributed by atoms with E-state index >= 15 is 0 Å². The van der Waals surface area contributed by atoms with Crippen LogP contribution in [-0.4, -0.2) is 55.6 Å². The van der Waals surface area contributed by atoms with E-state index < -0.39 is 5.60 Å². The number of allylic oxidation sites excluding steroid dienone is 2. The third-order valence-corrected chi connectivity index (χ3v) is 9.40. The van der Waals surface area contributed by atoms with Crippen LogP contribution in [-0.2, 0) is 12.1 Å².